The van der Waals surface area contributed by atoms with Gasteiger partial charge in [-0.3, -0.25) is 9.59 Å². The van der Waals surface area contributed by atoms with E-state index in [1.807, 2.05) is 0 Å². The van der Waals surface area contributed by atoms with Gasteiger partial charge in [-0.1, -0.05) is 6.08 Å². The van der Waals surface area contributed by atoms with E-state index in [1.54, 1.807) is 6.08 Å². The second-order valence-corrected chi connectivity index (χ2v) is 5.75. The standard InChI is InChI=1S/C11H16N2O4S/c1-3-4-5-6-9(14)7-8-10(15)11(13-12)18(2,16)17/h3H,1,4-8H2,2H3. The third-order valence-electron chi connectivity index (χ3n) is 2.18. The molecule has 0 saturated carbocycles. The average molecular weight is 272 g/mol. The summed E-state index contributed by atoms with van der Waals surface area (Å²) in [5.41, 5.74) is 8.46. The number of carbonyl (C=O) groups excluding carboxylic acids is 2. The number of hydrogen-bond donors (Lipinski definition) is 0. The highest BCUT2D eigenvalue weighted by Gasteiger charge is 2.31. The van der Waals surface area contributed by atoms with E-state index >= 15 is 0 Å². The van der Waals surface area contributed by atoms with Crippen LogP contribution in [0.25, 0.3) is 5.53 Å². The Bertz CT molecular complexity index is 487. The Balaban J connectivity index is 4.31. The highest BCUT2D eigenvalue weighted by molar-refractivity contribution is 8.07. The molecule has 0 atom stereocenters. The van der Waals surface area contributed by atoms with E-state index in [0.29, 0.717) is 19.3 Å². The number of rotatable bonds is 8. The van der Waals surface area contributed by atoms with Crippen molar-refractivity contribution in [2.24, 2.45) is 0 Å². The minimum Gasteiger partial charge on any atom is -0.360 e. The van der Waals surface area contributed by atoms with Crippen LogP contribution in [0.4, 0.5) is 0 Å². The van der Waals surface area contributed by atoms with E-state index in [4.69, 9.17) is 5.53 Å². The van der Waals surface area contributed by atoms with Gasteiger partial charge < -0.3 is 5.53 Å². The summed E-state index contributed by atoms with van der Waals surface area (Å²) in [6.45, 7) is 3.52. The van der Waals surface area contributed by atoms with Crippen LogP contribution in [0.15, 0.2) is 12.7 Å². The Hall–Kier alpha value is -1.59. The highest BCUT2D eigenvalue weighted by atomic mass is 32.2. The third-order valence-corrected chi connectivity index (χ3v) is 3.19. The van der Waals surface area contributed by atoms with Crippen LogP contribution in [0.1, 0.15) is 32.1 Å². The molecular formula is C11H16N2O4S. The molecule has 0 heterocycles. The van der Waals surface area contributed by atoms with E-state index in [-0.39, 0.29) is 18.6 Å². The SMILES string of the molecule is C=CCCCC(=O)CCC(=O)C(=[N+]=[N-])S(C)(=O)=O. The van der Waals surface area contributed by atoms with Crippen molar-refractivity contribution in [1.29, 1.82) is 0 Å². The van der Waals surface area contributed by atoms with Crippen LogP contribution in [-0.2, 0) is 19.4 Å². The van der Waals surface area contributed by atoms with Crippen LogP contribution in [0.2, 0.25) is 0 Å². The number of nitrogens with zero attached hydrogens (tertiary/aromatic N) is 2. The quantitative estimate of drug-likeness (QED) is 0.164. The minimum atomic E-state index is -3.86. The molecule has 0 amide bonds. The Labute approximate surface area is 106 Å². The molecule has 0 aromatic heterocycles. The first kappa shape index (κ1) is 16.4. The molecule has 0 fully saturated rings. The number of Topliss-reactive ketones (excluding diaryl/α,β-unsaturated/α-hetero) is 2. The van der Waals surface area contributed by atoms with Gasteiger partial charge in [-0.2, -0.15) is 0 Å². The maximum Gasteiger partial charge on any atom is 0.447 e. The topological polar surface area (TPSA) is 105 Å². The molecule has 7 heteroatoms. The lowest BCUT2D eigenvalue weighted by atomic mass is 10.1. The van der Waals surface area contributed by atoms with Crippen LogP contribution in [0.3, 0.4) is 0 Å². The van der Waals surface area contributed by atoms with Gasteiger partial charge in [0, 0.05) is 19.3 Å². The predicted octanol–water partition coefficient (Wildman–Crippen LogP) is 0.934. The van der Waals surface area contributed by atoms with Crippen molar-refractivity contribution in [3.05, 3.63) is 18.2 Å². The fraction of sp³-hybridized carbons (Fsp3) is 0.545. The van der Waals surface area contributed by atoms with Gasteiger partial charge in [0.1, 0.15) is 5.78 Å². The second-order valence-electron chi connectivity index (χ2n) is 3.82. The summed E-state index contributed by atoms with van der Waals surface area (Å²) in [6.07, 6.45) is 3.84. The molecule has 0 aromatic rings. The van der Waals surface area contributed by atoms with E-state index in [2.05, 4.69) is 11.4 Å². The first-order valence-electron chi connectivity index (χ1n) is 5.40. The van der Waals surface area contributed by atoms with Crippen LogP contribution >= 0.6 is 0 Å². The zero-order valence-electron chi connectivity index (χ0n) is 10.3. The number of carbonyl (C=O) groups is 2. The molecular weight excluding hydrogens is 256 g/mol. The molecule has 0 rings (SSSR count). The van der Waals surface area contributed by atoms with Crippen LogP contribution < -0.4 is 0 Å². The van der Waals surface area contributed by atoms with Crippen molar-refractivity contribution in [2.45, 2.75) is 32.1 Å². The van der Waals surface area contributed by atoms with E-state index in [9.17, 15) is 18.0 Å². The predicted molar refractivity (Wildman–Crippen MR) is 66.8 cm³/mol. The third kappa shape index (κ3) is 6.22. The molecule has 0 aliphatic carbocycles. The molecule has 100 valence electrons. The lowest BCUT2D eigenvalue weighted by molar-refractivity contribution is -0.122. The summed E-state index contributed by atoms with van der Waals surface area (Å²) in [5, 5.41) is -0.901. The lowest BCUT2D eigenvalue weighted by Crippen LogP contribution is -2.25. The molecule has 0 unspecified atom stereocenters. The summed E-state index contributed by atoms with van der Waals surface area (Å²) >= 11 is 0. The molecule has 6 nitrogen and oxygen atoms in total. The molecule has 0 radical (unpaired) electrons. The van der Waals surface area contributed by atoms with Gasteiger partial charge in [0.05, 0.1) is 6.26 Å². The molecule has 0 spiro atoms. The second kappa shape index (κ2) is 7.68. The maximum absolute atomic E-state index is 11.4. The zero-order chi connectivity index (χ0) is 14.2. The van der Waals surface area contributed by atoms with Crippen molar-refractivity contribution < 1.29 is 22.8 Å². The van der Waals surface area contributed by atoms with E-state index < -0.39 is 20.7 Å². The van der Waals surface area contributed by atoms with Crippen LogP contribution in [0, 0.1) is 0 Å². The fourth-order valence-corrected chi connectivity index (χ4v) is 1.93. The first-order chi connectivity index (χ1) is 8.32. The molecule has 0 aliphatic heterocycles. The normalized spacial score (nSPS) is 10.5. The van der Waals surface area contributed by atoms with Gasteiger partial charge in [0.2, 0.25) is 0 Å². The average Bonchev–Trinajstić information content (AvgIpc) is 2.25. The van der Waals surface area contributed by atoms with Gasteiger partial charge in [-0.15, -0.1) is 11.4 Å². The number of sulfone groups is 1. The van der Waals surface area contributed by atoms with Crippen molar-refractivity contribution >= 4 is 26.4 Å². The molecule has 0 bridgehead atoms. The van der Waals surface area contributed by atoms with Gasteiger partial charge in [0.15, 0.2) is 0 Å². The van der Waals surface area contributed by atoms with E-state index in [0.717, 1.165) is 6.26 Å². The first-order valence-corrected chi connectivity index (χ1v) is 7.30. The molecule has 0 aromatic carbocycles. The van der Waals surface area contributed by atoms with Crippen LogP contribution in [-0.4, -0.2) is 36.1 Å². The number of hydrogen-bond acceptors (Lipinski definition) is 4. The van der Waals surface area contributed by atoms with Crippen LogP contribution in [0.5, 0.6) is 0 Å². The Morgan fingerprint density at radius 2 is 1.89 bits per heavy atom. The Kier molecular flexibility index (Phi) is 7.00. The molecule has 0 aliphatic rings. The fourth-order valence-electron chi connectivity index (χ4n) is 1.27. The van der Waals surface area contributed by atoms with Crippen molar-refractivity contribution in [3.8, 4) is 0 Å². The molecule has 18 heavy (non-hydrogen) atoms. The maximum atomic E-state index is 11.4. The summed E-state index contributed by atoms with van der Waals surface area (Å²) in [4.78, 5) is 25.2. The Morgan fingerprint density at radius 1 is 1.28 bits per heavy atom. The number of allylic oxidation sites excluding steroid dienone is 1. The largest absolute Gasteiger partial charge is 0.447 e. The Morgan fingerprint density at radius 3 is 2.33 bits per heavy atom. The monoisotopic (exact) mass is 272 g/mol. The minimum absolute atomic E-state index is 0.0511. The van der Waals surface area contributed by atoms with Crippen molar-refractivity contribution in [1.82, 2.24) is 0 Å². The lowest BCUT2D eigenvalue weighted by Gasteiger charge is -1.97. The van der Waals surface area contributed by atoms with E-state index in [1.165, 1.54) is 0 Å². The molecule has 0 N–H and O–H groups in total. The zero-order valence-corrected chi connectivity index (χ0v) is 11.1. The van der Waals surface area contributed by atoms with Crippen molar-refractivity contribution in [2.75, 3.05) is 6.26 Å². The summed E-state index contributed by atoms with van der Waals surface area (Å²) in [5.74, 6) is -0.979. The summed E-state index contributed by atoms with van der Waals surface area (Å²) in [6, 6.07) is 0. The van der Waals surface area contributed by atoms with Gasteiger partial charge >= 0.3 is 5.04 Å². The van der Waals surface area contributed by atoms with Crippen molar-refractivity contribution in [3.63, 3.8) is 0 Å². The summed E-state index contributed by atoms with van der Waals surface area (Å²) < 4.78 is 22.1. The van der Waals surface area contributed by atoms with Gasteiger partial charge in [-0.25, -0.2) is 8.42 Å². The van der Waals surface area contributed by atoms with Gasteiger partial charge in [-0.05, 0) is 12.8 Å². The number of ketones is 2. The molecule has 0 saturated heterocycles. The van der Waals surface area contributed by atoms with Gasteiger partial charge in [0.25, 0.3) is 15.6 Å². The summed E-state index contributed by atoms with van der Waals surface area (Å²) in [7, 11) is -3.86. The highest BCUT2D eigenvalue weighted by Crippen LogP contribution is 2.04. The number of unbranched alkanes of at least 4 members (excludes halogenated alkanes) is 1. The smallest absolute Gasteiger partial charge is 0.360 e.